The number of nitrogens with zero attached hydrogens (tertiary/aromatic N) is 2. The van der Waals surface area contributed by atoms with Crippen molar-refractivity contribution >= 4 is 34.8 Å². The van der Waals surface area contributed by atoms with Crippen LogP contribution >= 0.6 is 23.2 Å². The van der Waals surface area contributed by atoms with Crippen LogP contribution in [-0.4, -0.2) is 37.0 Å². The van der Waals surface area contributed by atoms with Gasteiger partial charge in [-0.25, -0.2) is 0 Å². The van der Waals surface area contributed by atoms with Crippen LogP contribution in [-0.2, 0) is 4.79 Å². The van der Waals surface area contributed by atoms with Gasteiger partial charge in [-0.05, 0) is 12.1 Å². The summed E-state index contributed by atoms with van der Waals surface area (Å²) in [5.41, 5.74) is 0.879. The van der Waals surface area contributed by atoms with Crippen LogP contribution in [0.2, 0.25) is 10.0 Å². The van der Waals surface area contributed by atoms with Gasteiger partial charge in [-0.15, -0.1) is 0 Å². The van der Waals surface area contributed by atoms with E-state index in [1.165, 1.54) is 0 Å². The second-order valence-electron chi connectivity index (χ2n) is 4.29. The first-order valence-corrected chi connectivity index (χ1v) is 6.85. The van der Waals surface area contributed by atoms with E-state index in [1.54, 1.807) is 0 Å². The maximum Gasteiger partial charge on any atom is 0.222 e. The maximum atomic E-state index is 11.6. The first kappa shape index (κ1) is 13.5. The molecule has 5 heteroatoms. The summed E-state index contributed by atoms with van der Waals surface area (Å²) < 4.78 is 0. The normalized spacial score (nSPS) is 15.9. The number of para-hydroxylation sites is 1. The van der Waals surface area contributed by atoms with Gasteiger partial charge in [-0.2, -0.15) is 0 Å². The van der Waals surface area contributed by atoms with Crippen LogP contribution in [0.15, 0.2) is 18.2 Å². The zero-order valence-electron chi connectivity index (χ0n) is 10.3. The van der Waals surface area contributed by atoms with Crippen LogP contribution in [0.3, 0.4) is 0 Å². The number of carbonyl (C=O) groups excluding carboxylic acids is 1. The van der Waals surface area contributed by atoms with Crippen molar-refractivity contribution in [3.8, 4) is 0 Å². The van der Waals surface area contributed by atoms with Gasteiger partial charge >= 0.3 is 0 Å². The van der Waals surface area contributed by atoms with E-state index in [0.717, 1.165) is 31.9 Å². The van der Waals surface area contributed by atoms with E-state index in [9.17, 15) is 4.79 Å². The first-order chi connectivity index (χ1) is 8.63. The van der Waals surface area contributed by atoms with Gasteiger partial charge in [-0.1, -0.05) is 36.2 Å². The Bertz CT molecular complexity index is 422. The number of rotatable bonds is 2. The number of carbonyl (C=O) groups is 1. The van der Waals surface area contributed by atoms with E-state index in [4.69, 9.17) is 23.2 Å². The lowest BCUT2D eigenvalue weighted by Gasteiger charge is -2.36. The van der Waals surface area contributed by atoms with Crippen LogP contribution in [0.1, 0.15) is 13.3 Å². The van der Waals surface area contributed by atoms with Crippen molar-refractivity contribution < 1.29 is 4.79 Å². The van der Waals surface area contributed by atoms with Gasteiger partial charge in [0.05, 0.1) is 15.7 Å². The minimum Gasteiger partial charge on any atom is -0.366 e. The summed E-state index contributed by atoms with van der Waals surface area (Å²) in [6, 6.07) is 5.52. The highest BCUT2D eigenvalue weighted by Crippen LogP contribution is 2.33. The van der Waals surface area contributed by atoms with Crippen molar-refractivity contribution in [2.45, 2.75) is 13.3 Å². The molecule has 0 aliphatic carbocycles. The molecule has 1 amide bonds. The fourth-order valence-corrected chi connectivity index (χ4v) is 2.83. The third kappa shape index (κ3) is 2.73. The smallest absolute Gasteiger partial charge is 0.222 e. The van der Waals surface area contributed by atoms with Gasteiger partial charge in [0.15, 0.2) is 0 Å². The average molecular weight is 287 g/mol. The van der Waals surface area contributed by atoms with Crippen molar-refractivity contribution in [2.75, 3.05) is 31.1 Å². The lowest BCUT2D eigenvalue weighted by molar-refractivity contribution is -0.131. The van der Waals surface area contributed by atoms with E-state index < -0.39 is 0 Å². The van der Waals surface area contributed by atoms with Crippen LogP contribution in [0.25, 0.3) is 0 Å². The second-order valence-corrected chi connectivity index (χ2v) is 5.11. The van der Waals surface area contributed by atoms with Crippen molar-refractivity contribution in [1.29, 1.82) is 0 Å². The Kier molecular flexibility index (Phi) is 4.36. The van der Waals surface area contributed by atoms with Crippen molar-refractivity contribution in [1.82, 2.24) is 4.90 Å². The molecule has 0 aromatic heterocycles. The number of benzene rings is 1. The molecule has 2 rings (SSSR count). The molecule has 18 heavy (non-hydrogen) atoms. The summed E-state index contributed by atoms with van der Waals surface area (Å²) in [6.45, 7) is 4.90. The van der Waals surface area contributed by atoms with E-state index in [-0.39, 0.29) is 5.91 Å². The van der Waals surface area contributed by atoms with Crippen LogP contribution in [0.5, 0.6) is 0 Å². The lowest BCUT2D eigenvalue weighted by Crippen LogP contribution is -2.48. The van der Waals surface area contributed by atoms with Crippen LogP contribution in [0, 0.1) is 0 Å². The SMILES string of the molecule is CCC(=O)N1CCN(c2c(Cl)cccc2Cl)CC1. The molecule has 0 spiro atoms. The van der Waals surface area contributed by atoms with Gasteiger partial charge in [0, 0.05) is 32.6 Å². The molecule has 0 N–H and O–H groups in total. The third-order valence-electron chi connectivity index (χ3n) is 3.19. The summed E-state index contributed by atoms with van der Waals surface area (Å²) in [4.78, 5) is 15.6. The van der Waals surface area contributed by atoms with Crippen molar-refractivity contribution in [3.63, 3.8) is 0 Å². The summed E-state index contributed by atoms with van der Waals surface area (Å²) in [5, 5.41) is 1.33. The van der Waals surface area contributed by atoms with Crippen molar-refractivity contribution in [3.05, 3.63) is 28.2 Å². The molecule has 0 bridgehead atoms. The van der Waals surface area contributed by atoms with E-state index in [1.807, 2.05) is 30.0 Å². The Balaban J connectivity index is 2.08. The summed E-state index contributed by atoms with van der Waals surface area (Å²) in [6.07, 6.45) is 0.562. The first-order valence-electron chi connectivity index (χ1n) is 6.10. The Morgan fingerprint density at radius 1 is 1.17 bits per heavy atom. The van der Waals surface area contributed by atoms with Gasteiger partial charge in [-0.3, -0.25) is 4.79 Å². The summed E-state index contributed by atoms with van der Waals surface area (Å²) in [5.74, 6) is 0.208. The fourth-order valence-electron chi connectivity index (χ4n) is 2.19. The van der Waals surface area contributed by atoms with E-state index in [0.29, 0.717) is 16.5 Å². The number of halogens is 2. The minimum absolute atomic E-state index is 0.208. The van der Waals surface area contributed by atoms with Gasteiger partial charge < -0.3 is 9.80 Å². The maximum absolute atomic E-state index is 11.6. The molecule has 1 aliphatic heterocycles. The molecular weight excluding hydrogens is 271 g/mol. The minimum atomic E-state index is 0.208. The average Bonchev–Trinajstić information content (AvgIpc) is 2.38. The zero-order chi connectivity index (χ0) is 13.1. The zero-order valence-corrected chi connectivity index (χ0v) is 11.8. The summed E-state index contributed by atoms with van der Waals surface area (Å²) >= 11 is 12.4. The Morgan fingerprint density at radius 3 is 2.22 bits per heavy atom. The molecule has 3 nitrogen and oxygen atoms in total. The van der Waals surface area contributed by atoms with Gasteiger partial charge in [0.1, 0.15) is 0 Å². The van der Waals surface area contributed by atoms with E-state index in [2.05, 4.69) is 4.90 Å². The molecule has 1 heterocycles. The number of anilines is 1. The highest BCUT2D eigenvalue weighted by atomic mass is 35.5. The quantitative estimate of drug-likeness (QED) is 0.834. The number of hydrogen-bond donors (Lipinski definition) is 0. The molecule has 0 radical (unpaired) electrons. The molecule has 1 aromatic rings. The van der Waals surface area contributed by atoms with Gasteiger partial charge in [0.2, 0.25) is 5.91 Å². The topological polar surface area (TPSA) is 23.6 Å². The monoisotopic (exact) mass is 286 g/mol. The highest BCUT2D eigenvalue weighted by Gasteiger charge is 2.22. The van der Waals surface area contributed by atoms with Crippen LogP contribution in [0.4, 0.5) is 5.69 Å². The van der Waals surface area contributed by atoms with E-state index >= 15 is 0 Å². The van der Waals surface area contributed by atoms with Crippen molar-refractivity contribution in [2.24, 2.45) is 0 Å². The largest absolute Gasteiger partial charge is 0.366 e. The Labute approximate surface area is 117 Å². The lowest BCUT2D eigenvalue weighted by atomic mass is 10.2. The summed E-state index contributed by atoms with van der Waals surface area (Å²) in [7, 11) is 0. The molecule has 0 saturated carbocycles. The number of amides is 1. The number of hydrogen-bond acceptors (Lipinski definition) is 2. The van der Waals surface area contributed by atoms with Gasteiger partial charge in [0.25, 0.3) is 0 Å². The highest BCUT2D eigenvalue weighted by molar-refractivity contribution is 6.39. The molecule has 1 fully saturated rings. The molecule has 98 valence electrons. The molecule has 1 aliphatic rings. The molecular formula is C13H16Cl2N2O. The molecule has 1 saturated heterocycles. The fraction of sp³-hybridized carbons (Fsp3) is 0.462. The van der Waals surface area contributed by atoms with Crippen LogP contribution < -0.4 is 4.90 Å². The third-order valence-corrected chi connectivity index (χ3v) is 3.80. The Morgan fingerprint density at radius 2 is 1.72 bits per heavy atom. The predicted octanol–water partition coefficient (Wildman–Crippen LogP) is 3.05. The standard InChI is InChI=1S/C13H16Cl2N2O/c1-2-12(18)16-6-8-17(9-7-16)13-10(14)4-3-5-11(13)15/h3-5H,2,6-9H2,1H3. The second kappa shape index (κ2) is 5.81. The molecule has 1 aromatic carbocycles. The predicted molar refractivity (Wildman–Crippen MR) is 75.5 cm³/mol. The molecule has 0 atom stereocenters. The molecule has 0 unspecified atom stereocenters. The number of piperazine rings is 1. The Hall–Kier alpha value is -0.930.